The third-order valence-electron chi connectivity index (χ3n) is 4.50. The number of methoxy groups -OCH3 is 1. The molecule has 0 radical (unpaired) electrons. The van der Waals surface area contributed by atoms with Crippen LogP contribution in [0.15, 0.2) is 30.3 Å². The number of carbonyl (C=O) groups excluding carboxylic acids is 2. The highest BCUT2D eigenvalue weighted by atomic mass is 35.5. The van der Waals surface area contributed by atoms with Crippen LogP contribution in [0.4, 0.5) is 0 Å². The Hall–Kier alpha value is -1.59. The fourth-order valence-electron chi connectivity index (χ4n) is 3.18. The maximum Gasteiger partial charge on any atom is 0.308 e. The van der Waals surface area contributed by atoms with Gasteiger partial charge in [0, 0.05) is 6.04 Å². The third kappa shape index (κ3) is 5.80. The fourth-order valence-corrected chi connectivity index (χ4v) is 3.18. The van der Waals surface area contributed by atoms with E-state index in [0.29, 0.717) is 12.8 Å². The van der Waals surface area contributed by atoms with Crippen LogP contribution in [0.25, 0.3) is 0 Å². The number of benzene rings is 1. The highest BCUT2D eigenvalue weighted by Gasteiger charge is 2.30. The van der Waals surface area contributed by atoms with E-state index < -0.39 is 0 Å². The molecule has 0 heterocycles. The lowest BCUT2D eigenvalue weighted by atomic mass is 9.85. The minimum absolute atomic E-state index is 0. The van der Waals surface area contributed by atoms with Crippen molar-refractivity contribution in [2.45, 2.75) is 44.2 Å². The zero-order valence-electron chi connectivity index (χ0n) is 14.3. The van der Waals surface area contributed by atoms with Crippen molar-refractivity contribution in [3.8, 4) is 0 Å². The number of nitrogens with one attached hydrogen (secondary N) is 2. The summed E-state index contributed by atoms with van der Waals surface area (Å²) in [5, 5.41) is 6.17. The van der Waals surface area contributed by atoms with E-state index >= 15 is 0 Å². The van der Waals surface area contributed by atoms with Crippen molar-refractivity contribution in [2.75, 3.05) is 14.2 Å². The molecule has 1 aliphatic rings. The molecule has 2 rings (SSSR count). The van der Waals surface area contributed by atoms with Gasteiger partial charge in [0.2, 0.25) is 5.91 Å². The van der Waals surface area contributed by atoms with Gasteiger partial charge >= 0.3 is 5.97 Å². The van der Waals surface area contributed by atoms with Gasteiger partial charge in [-0.3, -0.25) is 9.59 Å². The van der Waals surface area contributed by atoms with E-state index in [0.717, 1.165) is 24.8 Å². The molecule has 3 atom stereocenters. The second kappa shape index (κ2) is 10.3. The van der Waals surface area contributed by atoms with Gasteiger partial charge in [-0.1, -0.05) is 36.8 Å². The molecule has 1 fully saturated rings. The van der Waals surface area contributed by atoms with E-state index in [1.807, 2.05) is 30.3 Å². The van der Waals surface area contributed by atoms with Crippen LogP contribution in [-0.4, -0.2) is 38.1 Å². The molecule has 1 amide bonds. The van der Waals surface area contributed by atoms with E-state index in [9.17, 15) is 9.59 Å². The molecule has 0 aromatic heterocycles. The standard InChI is InChI=1S/C18H26N2O3.ClH/c1-19-16(11-13-7-4-3-5-8-13)17(21)20-15-10-6-9-14(12-15)18(22)23-2;/h3-5,7-8,14-16,19H,6,9-12H2,1-2H3,(H,20,21);1H/t14-,15+,16+;/m1./s1. The van der Waals surface area contributed by atoms with Gasteiger partial charge < -0.3 is 15.4 Å². The average Bonchev–Trinajstić information content (AvgIpc) is 2.60. The minimum Gasteiger partial charge on any atom is -0.469 e. The molecule has 1 aliphatic carbocycles. The Labute approximate surface area is 149 Å². The normalized spacial score (nSPS) is 21.2. The average molecular weight is 355 g/mol. The van der Waals surface area contributed by atoms with Crippen molar-refractivity contribution < 1.29 is 14.3 Å². The van der Waals surface area contributed by atoms with Crippen LogP contribution < -0.4 is 10.6 Å². The Morgan fingerprint density at radius 1 is 1.25 bits per heavy atom. The van der Waals surface area contributed by atoms with Crippen LogP contribution in [0.3, 0.4) is 0 Å². The van der Waals surface area contributed by atoms with Gasteiger partial charge in [0.15, 0.2) is 0 Å². The monoisotopic (exact) mass is 354 g/mol. The lowest BCUT2D eigenvalue weighted by Crippen LogP contribution is -2.49. The minimum atomic E-state index is -0.268. The number of hydrogen-bond donors (Lipinski definition) is 2. The lowest BCUT2D eigenvalue weighted by Gasteiger charge is -2.29. The lowest BCUT2D eigenvalue weighted by molar-refractivity contribution is -0.147. The van der Waals surface area contributed by atoms with Crippen LogP contribution in [0, 0.1) is 5.92 Å². The van der Waals surface area contributed by atoms with Gasteiger partial charge in [-0.15, -0.1) is 12.4 Å². The van der Waals surface area contributed by atoms with Crippen molar-refractivity contribution in [3.05, 3.63) is 35.9 Å². The second-order valence-corrected chi connectivity index (χ2v) is 6.12. The molecule has 0 aliphatic heterocycles. The van der Waals surface area contributed by atoms with E-state index in [1.54, 1.807) is 7.05 Å². The summed E-state index contributed by atoms with van der Waals surface area (Å²) in [4.78, 5) is 24.2. The van der Waals surface area contributed by atoms with Crippen molar-refractivity contribution in [3.63, 3.8) is 0 Å². The molecule has 1 aromatic carbocycles. The van der Waals surface area contributed by atoms with Crippen LogP contribution in [0.1, 0.15) is 31.2 Å². The molecule has 1 saturated carbocycles. The molecule has 134 valence electrons. The smallest absolute Gasteiger partial charge is 0.308 e. The first kappa shape index (κ1) is 20.5. The SMILES string of the molecule is CN[C@@H](Cc1ccccc1)C(=O)N[C@H]1CCC[C@@H](C(=O)OC)C1.Cl. The van der Waals surface area contributed by atoms with Gasteiger partial charge in [-0.05, 0) is 38.3 Å². The van der Waals surface area contributed by atoms with Crippen LogP contribution in [0.2, 0.25) is 0 Å². The number of rotatable bonds is 6. The number of ether oxygens (including phenoxy) is 1. The Kier molecular flexibility index (Phi) is 8.79. The first-order valence-corrected chi connectivity index (χ1v) is 8.23. The van der Waals surface area contributed by atoms with Crippen molar-refractivity contribution in [2.24, 2.45) is 5.92 Å². The summed E-state index contributed by atoms with van der Waals surface area (Å²) in [6.07, 6.45) is 4.02. The van der Waals surface area contributed by atoms with Gasteiger partial charge in [-0.2, -0.15) is 0 Å². The van der Waals surface area contributed by atoms with Gasteiger partial charge in [0.05, 0.1) is 19.1 Å². The number of amides is 1. The highest BCUT2D eigenvalue weighted by molar-refractivity contribution is 5.85. The fraction of sp³-hybridized carbons (Fsp3) is 0.556. The maximum atomic E-state index is 12.5. The molecule has 1 aromatic rings. The summed E-state index contributed by atoms with van der Waals surface area (Å²) >= 11 is 0. The molecule has 0 unspecified atom stereocenters. The van der Waals surface area contributed by atoms with E-state index in [2.05, 4.69) is 10.6 Å². The quantitative estimate of drug-likeness (QED) is 0.768. The summed E-state index contributed by atoms with van der Waals surface area (Å²) in [6.45, 7) is 0. The predicted octanol–water partition coefficient (Wildman–Crippen LogP) is 2.09. The topological polar surface area (TPSA) is 67.4 Å². The van der Waals surface area contributed by atoms with Gasteiger partial charge in [-0.25, -0.2) is 0 Å². The molecule has 2 N–H and O–H groups in total. The Bertz CT molecular complexity index is 524. The molecule has 0 bridgehead atoms. The van der Waals surface area contributed by atoms with E-state index in [-0.39, 0.29) is 42.3 Å². The zero-order valence-corrected chi connectivity index (χ0v) is 15.1. The van der Waals surface area contributed by atoms with Crippen molar-refractivity contribution >= 4 is 24.3 Å². The Morgan fingerprint density at radius 3 is 2.58 bits per heavy atom. The van der Waals surface area contributed by atoms with Gasteiger partial charge in [0.25, 0.3) is 0 Å². The van der Waals surface area contributed by atoms with Crippen LogP contribution >= 0.6 is 12.4 Å². The largest absolute Gasteiger partial charge is 0.469 e. The summed E-state index contributed by atoms with van der Waals surface area (Å²) in [5.41, 5.74) is 1.12. The molecule has 24 heavy (non-hydrogen) atoms. The summed E-state index contributed by atoms with van der Waals surface area (Å²) in [6, 6.07) is 9.73. The van der Waals surface area contributed by atoms with E-state index in [1.165, 1.54) is 7.11 Å². The zero-order chi connectivity index (χ0) is 16.7. The molecule has 0 spiro atoms. The first-order chi connectivity index (χ1) is 11.1. The van der Waals surface area contributed by atoms with Crippen molar-refractivity contribution in [1.82, 2.24) is 10.6 Å². The van der Waals surface area contributed by atoms with E-state index in [4.69, 9.17) is 4.74 Å². The second-order valence-electron chi connectivity index (χ2n) is 6.12. The number of hydrogen-bond acceptors (Lipinski definition) is 4. The van der Waals surface area contributed by atoms with Crippen LogP contribution in [-0.2, 0) is 20.7 Å². The number of halogens is 1. The van der Waals surface area contributed by atoms with Crippen molar-refractivity contribution in [1.29, 1.82) is 0 Å². The summed E-state index contributed by atoms with van der Waals surface area (Å²) in [7, 11) is 3.22. The summed E-state index contributed by atoms with van der Waals surface area (Å²) < 4.78 is 4.83. The molecular formula is C18H27ClN2O3. The Balaban J connectivity index is 0.00000288. The van der Waals surface area contributed by atoms with Crippen LogP contribution in [0.5, 0.6) is 0 Å². The summed E-state index contributed by atoms with van der Waals surface area (Å²) in [5.74, 6) is -0.272. The number of esters is 1. The molecule has 5 nitrogen and oxygen atoms in total. The predicted molar refractivity (Wildman–Crippen MR) is 96.1 cm³/mol. The molecular weight excluding hydrogens is 328 g/mol. The number of carbonyl (C=O) groups is 2. The maximum absolute atomic E-state index is 12.5. The number of likely N-dealkylation sites (N-methyl/N-ethyl adjacent to an activating group) is 1. The first-order valence-electron chi connectivity index (χ1n) is 8.23. The molecule has 6 heteroatoms. The third-order valence-corrected chi connectivity index (χ3v) is 4.50. The highest BCUT2D eigenvalue weighted by Crippen LogP contribution is 2.25. The molecule has 0 saturated heterocycles. The van der Waals surface area contributed by atoms with Gasteiger partial charge in [0.1, 0.15) is 0 Å². The Morgan fingerprint density at radius 2 is 1.96 bits per heavy atom.